The molecule has 90 valence electrons. The van der Waals surface area contributed by atoms with Crippen LogP contribution in [0.3, 0.4) is 0 Å². The van der Waals surface area contributed by atoms with Gasteiger partial charge in [-0.2, -0.15) is 0 Å². The van der Waals surface area contributed by atoms with Gasteiger partial charge in [0.25, 0.3) is 0 Å². The zero-order valence-electron chi connectivity index (χ0n) is 9.22. The molecule has 5 nitrogen and oxygen atoms in total. The second kappa shape index (κ2) is 6.44. The molecule has 0 saturated carbocycles. The fraction of sp³-hybridized carbons (Fsp3) is 0.167. The van der Waals surface area contributed by atoms with Gasteiger partial charge in [-0.05, 0) is 23.8 Å². The second-order valence-corrected chi connectivity index (χ2v) is 3.33. The summed E-state index contributed by atoms with van der Waals surface area (Å²) in [5.41, 5.74) is 6.31. The molecule has 0 aliphatic heterocycles. The number of benzene rings is 1. The number of nitrogens with two attached hydrogens (primary N) is 1. The zero-order chi connectivity index (χ0) is 12.7. The molecule has 5 heteroatoms. The van der Waals surface area contributed by atoms with Crippen molar-refractivity contribution in [2.75, 3.05) is 13.2 Å². The maximum absolute atomic E-state index is 11.2. The van der Waals surface area contributed by atoms with Crippen LogP contribution in [-0.4, -0.2) is 30.1 Å². The van der Waals surface area contributed by atoms with Gasteiger partial charge in [0.2, 0.25) is 11.8 Å². The Morgan fingerprint density at radius 3 is 2.47 bits per heavy atom. The lowest BCUT2D eigenvalue weighted by atomic mass is 10.1. The molecule has 0 aliphatic carbocycles. The Kier molecular flexibility index (Phi) is 4.90. The summed E-state index contributed by atoms with van der Waals surface area (Å²) in [7, 11) is 0. The van der Waals surface area contributed by atoms with Crippen LogP contribution < -0.4 is 11.1 Å². The molecular formula is C12H14N2O3. The van der Waals surface area contributed by atoms with Gasteiger partial charge in [-0.1, -0.05) is 12.1 Å². The number of rotatable bonds is 5. The van der Waals surface area contributed by atoms with Gasteiger partial charge < -0.3 is 16.2 Å². The summed E-state index contributed by atoms with van der Waals surface area (Å²) in [5.74, 6) is -0.765. The predicted molar refractivity (Wildman–Crippen MR) is 64.1 cm³/mol. The van der Waals surface area contributed by atoms with Crippen molar-refractivity contribution in [1.82, 2.24) is 5.32 Å². The monoisotopic (exact) mass is 234 g/mol. The first-order chi connectivity index (χ1) is 8.13. The molecule has 0 heterocycles. The molecule has 2 amide bonds. The van der Waals surface area contributed by atoms with Gasteiger partial charge in [-0.3, -0.25) is 9.59 Å². The molecule has 0 aromatic heterocycles. The second-order valence-electron chi connectivity index (χ2n) is 3.33. The summed E-state index contributed by atoms with van der Waals surface area (Å²) in [6.45, 7) is 0.136. The zero-order valence-corrected chi connectivity index (χ0v) is 9.22. The van der Waals surface area contributed by atoms with E-state index in [0.29, 0.717) is 5.56 Å². The number of nitrogens with one attached hydrogen (secondary N) is 1. The average Bonchev–Trinajstić information content (AvgIpc) is 2.34. The summed E-state index contributed by atoms with van der Waals surface area (Å²) in [4.78, 5) is 22.0. The standard InChI is InChI=1S/C12H14N2O3/c13-12(17)10-4-1-9(2-5-10)3-6-11(16)14-7-8-15/h1-6,15H,7-8H2,(H2,13,17)(H,14,16)/b6-3+. The normalized spacial score (nSPS) is 10.4. The Labute approximate surface area is 98.9 Å². The van der Waals surface area contributed by atoms with Crippen molar-refractivity contribution in [3.8, 4) is 0 Å². The number of carbonyl (C=O) groups is 2. The summed E-state index contributed by atoms with van der Waals surface area (Å²) in [6.07, 6.45) is 2.96. The van der Waals surface area contributed by atoms with Crippen LogP contribution in [0.25, 0.3) is 6.08 Å². The third-order valence-corrected chi connectivity index (χ3v) is 2.03. The van der Waals surface area contributed by atoms with E-state index in [1.54, 1.807) is 30.3 Å². The topological polar surface area (TPSA) is 92.4 Å². The summed E-state index contributed by atoms with van der Waals surface area (Å²) in [6, 6.07) is 6.56. The molecule has 0 unspecified atom stereocenters. The van der Waals surface area contributed by atoms with Crippen molar-refractivity contribution in [2.24, 2.45) is 5.73 Å². The fourth-order valence-corrected chi connectivity index (χ4v) is 1.17. The predicted octanol–water partition coefficient (Wildman–Crippen LogP) is -0.0928. The lowest BCUT2D eigenvalue weighted by molar-refractivity contribution is -0.116. The molecule has 4 N–H and O–H groups in total. The maximum Gasteiger partial charge on any atom is 0.248 e. The molecule has 1 rings (SSSR count). The van der Waals surface area contributed by atoms with E-state index in [1.165, 1.54) is 6.08 Å². The van der Waals surface area contributed by atoms with E-state index in [0.717, 1.165) is 5.56 Å². The van der Waals surface area contributed by atoms with Crippen molar-refractivity contribution < 1.29 is 14.7 Å². The molecule has 0 bridgehead atoms. The summed E-state index contributed by atoms with van der Waals surface area (Å²) >= 11 is 0. The Bertz CT molecular complexity index is 424. The van der Waals surface area contributed by atoms with E-state index in [2.05, 4.69) is 5.32 Å². The number of carbonyl (C=O) groups excluding carboxylic acids is 2. The first-order valence-electron chi connectivity index (χ1n) is 5.10. The minimum Gasteiger partial charge on any atom is -0.395 e. The van der Waals surface area contributed by atoms with E-state index < -0.39 is 5.91 Å². The first-order valence-corrected chi connectivity index (χ1v) is 5.10. The Hall–Kier alpha value is -2.14. The Morgan fingerprint density at radius 1 is 1.29 bits per heavy atom. The van der Waals surface area contributed by atoms with Gasteiger partial charge >= 0.3 is 0 Å². The van der Waals surface area contributed by atoms with E-state index in [9.17, 15) is 9.59 Å². The number of hydrogen-bond donors (Lipinski definition) is 3. The average molecular weight is 234 g/mol. The van der Waals surface area contributed by atoms with Crippen molar-refractivity contribution in [1.29, 1.82) is 0 Å². The third kappa shape index (κ3) is 4.48. The number of amides is 2. The molecule has 0 spiro atoms. The number of aliphatic hydroxyl groups excluding tert-OH is 1. The largest absolute Gasteiger partial charge is 0.395 e. The third-order valence-electron chi connectivity index (χ3n) is 2.03. The molecule has 0 saturated heterocycles. The Balaban J connectivity index is 2.59. The van der Waals surface area contributed by atoms with Gasteiger partial charge in [0.05, 0.1) is 6.61 Å². The van der Waals surface area contributed by atoms with Gasteiger partial charge in [0.1, 0.15) is 0 Å². The summed E-state index contributed by atoms with van der Waals surface area (Å²) in [5, 5.41) is 11.0. The molecule has 0 atom stereocenters. The smallest absolute Gasteiger partial charge is 0.248 e. The van der Waals surface area contributed by atoms with Crippen LogP contribution in [0.15, 0.2) is 30.3 Å². The minimum absolute atomic E-state index is 0.0904. The van der Waals surface area contributed by atoms with E-state index in [4.69, 9.17) is 10.8 Å². The quantitative estimate of drug-likeness (QED) is 0.621. The molecule has 0 fully saturated rings. The van der Waals surface area contributed by atoms with Crippen LogP contribution in [0.1, 0.15) is 15.9 Å². The molecule has 17 heavy (non-hydrogen) atoms. The minimum atomic E-state index is -0.485. The van der Waals surface area contributed by atoms with Gasteiger partial charge in [-0.15, -0.1) is 0 Å². The van der Waals surface area contributed by atoms with Gasteiger partial charge in [0, 0.05) is 18.2 Å². The molecule has 0 radical (unpaired) electrons. The van der Waals surface area contributed by atoms with Crippen LogP contribution in [0.2, 0.25) is 0 Å². The van der Waals surface area contributed by atoms with Gasteiger partial charge in [-0.25, -0.2) is 0 Å². The highest BCUT2D eigenvalue weighted by Gasteiger charge is 1.98. The van der Waals surface area contributed by atoms with Crippen LogP contribution in [0, 0.1) is 0 Å². The highest BCUT2D eigenvalue weighted by Crippen LogP contribution is 2.05. The highest BCUT2D eigenvalue weighted by atomic mass is 16.3. The van der Waals surface area contributed by atoms with E-state index in [1.807, 2.05) is 0 Å². The van der Waals surface area contributed by atoms with Crippen LogP contribution in [0.5, 0.6) is 0 Å². The lowest BCUT2D eigenvalue weighted by Gasteiger charge is -1.98. The highest BCUT2D eigenvalue weighted by molar-refractivity contribution is 5.94. The molecule has 1 aromatic rings. The number of aliphatic hydroxyl groups is 1. The number of hydrogen-bond acceptors (Lipinski definition) is 3. The van der Waals surface area contributed by atoms with Crippen molar-refractivity contribution in [3.05, 3.63) is 41.5 Å². The van der Waals surface area contributed by atoms with Crippen LogP contribution >= 0.6 is 0 Å². The fourth-order valence-electron chi connectivity index (χ4n) is 1.17. The summed E-state index contributed by atoms with van der Waals surface area (Å²) < 4.78 is 0. The van der Waals surface area contributed by atoms with Gasteiger partial charge in [0.15, 0.2) is 0 Å². The Morgan fingerprint density at radius 2 is 1.94 bits per heavy atom. The van der Waals surface area contributed by atoms with Crippen LogP contribution in [0.4, 0.5) is 0 Å². The van der Waals surface area contributed by atoms with Crippen molar-refractivity contribution in [2.45, 2.75) is 0 Å². The SMILES string of the molecule is NC(=O)c1ccc(/C=C/C(=O)NCCO)cc1. The molecular weight excluding hydrogens is 220 g/mol. The van der Waals surface area contributed by atoms with E-state index in [-0.39, 0.29) is 19.1 Å². The van der Waals surface area contributed by atoms with Crippen molar-refractivity contribution >= 4 is 17.9 Å². The molecule has 1 aromatic carbocycles. The number of primary amides is 1. The first kappa shape index (κ1) is 12.9. The molecule has 0 aliphatic rings. The van der Waals surface area contributed by atoms with Crippen LogP contribution in [-0.2, 0) is 4.79 Å². The van der Waals surface area contributed by atoms with Crippen molar-refractivity contribution in [3.63, 3.8) is 0 Å². The lowest BCUT2D eigenvalue weighted by Crippen LogP contribution is -2.24. The van der Waals surface area contributed by atoms with E-state index >= 15 is 0 Å². The maximum atomic E-state index is 11.2.